The number of benzene rings is 1. The summed E-state index contributed by atoms with van der Waals surface area (Å²) in [4.78, 5) is 18.2. The first kappa shape index (κ1) is 17.3. The Hall–Kier alpha value is -1.56. The molecule has 24 heavy (non-hydrogen) atoms. The highest BCUT2D eigenvalue weighted by atomic mass is 35.5. The van der Waals surface area contributed by atoms with Gasteiger partial charge >= 0.3 is 0 Å². The summed E-state index contributed by atoms with van der Waals surface area (Å²) in [5.74, 6) is 1.12. The summed E-state index contributed by atoms with van der Waals surface area (Å²) in [6.45, 7) is 1.22. The monoisotopic (exact) mass is 368 g/mol. The van der Waals surface area contributed by atoms with Gasteiger partial charge in [0.15, 0.2) is 11.7 Å². The zero-order valence-corrected chi connectivity index (χ0v) is 14.6. The van der Waals surface area contributed by atoms with Crippen LogP contribution in [0.2, 0.25) is 10.0 Å². The Balaban J connectivity index is 1.59. The third-order valence-corrected chi connectivity index (χ3v) is 4.67. The number of nitrogens with zero attached hydrogens (tertiary/aromatic N) is 2. The van der Waals surface area contributed by atoms with Gasteiger partial charge in [0.05, 0.1) is 17.3 Å². The molecular weight excluding hydrogens is 351 g/mol. The predicted molar refractivity (Wildman–Crippen MR) is 92.1 cm³/mol. The number of aliphatic hydroxyl groups excluding tert-OH is 1. The van der Waals surface area contributed by atoms with Gasteiger partial charge in [-0.3, -0.25) is 4.79 Å². The minimum atomic E-state index is -0.285. The molecule has 7 heteroatoms. The van der Waals surface area contributed by atoms with Gasteiger partial charge in [-0.2, -0.15) is 0 Å². The van der Waals surface area contributed by atoms with E-state index < -0.39 is 0 Å². The molecule has 1 saturated heterocycles. The number of aryl methyl sites for hydroxylation is 1. The van der Waals surface area contributed by atoms with E-state index in [1.807, 2.05) is 0 Å². The molecule has 1 fully saturated rings. The van der Waals surface area contributed by atoms with Gasteiger partial charge in [-0.05, 0) is 31.0 Å². The van der Waals surface area contributed by atoms with Crippen molar-refractivity contribution in [1.29, 1.82) is 0 Å². The van der Waals surface area contributed by atoms with Gasteiger partial charge in [0.2, 0.25) is 5.91 Å². The molecule has 0 unspecified atom stereocenters. The molecule has 0 aliphatic carbocycles. The van der Waals surface area contributed by atoms with Crippen molar-refractivity contribution >= 4 is 29.1 Å². The maximum absolute atomic E-state index is 12.2. The van der Waals surface area contributed by atoms with E-state index in [4.69, 9.17) is 27.6 Å². The number of halogens is 2. The molecule has 2 aromatic rings. The fourth-order valence-corrected chi connectivity index (χ4v) is 3.23. The van der Waals surface area contributed by atoms with Gasteiger partial charge in [-0.25, -0.2) is 4.98 Å². The second-order valence-corrected chi connectivity index (χ2v) is 6.70. The molecule has 128 valence electrons. The molecule has 1 aliphatic rings. The van der Waals surface area contributed by atoms with E-state index in [-0.39, 0.29) is 12.0 Å². The third kappa shape index (κ3) is 4.09. The fourth-order valence-electron chi connectivity index (χ4n) is 2.73. The largest absolute Gasteiger partial charge is 0.441 e. The molecule has 1 aliphatic heterocycles. The summed E-state index contributed by atoms with van der Waals surface area (Å²) in [6, 6.07) is 5.16. The molecule has 1 amide bonds. The number of aromatic nitrogens is 1. The van der Waals surface area contributed by atoms with Crippen LogP contribution >= 0.6 is 23.2 Å². The zero-order chi connectivity index (χ0) is 17.1. The van der Waals surface area contributed by atoms with Crippen molar-refractivity contribution in [3.63, 3.8) is 0 Å². The molecule has 0 saturated carbocycles. The molecule has 1 aromatic heterocycles. The minimum absolute atomic E-state index is 0.0613. The molecule has 3 rings (SSSR count). The normalized spacial score (nSPS) is 15.7. The number of hydrogen-bond donors (Lipinski definition) is 1. The van der Waals surface area contributed by atoms with Crippen molar-refractivity contribution in [2.45, 2.75) is 31.8 Å². The number of hydrogen-bond acceptors (Lipinski definition) is 4. The van der Waals surface area contributed by atoms with E-state index in [9.17, 15) is 9.90 Å². The van der Waals surface area contributed by atoms with Crippen LogP contribution in [0.4, 0.5) is 0 Å². The van der Waals surface area contributed by atoms with Gasteiger partial charge < -0.3 is 14.4 Å². The lowest BCUT2D eigenvalue weighted by atomic mass is 10.1. The number of rotatable bonds is 4. The van der Waals surface area contributed by atoms with Crippen molar-refractivity contribution in [2.24, 2.45) is 0 Å². The van der Waals surface area contributed by atoms with Crippen LogP contribution in [0.1, 0.15) is 25.2 Å². The van der Waals surface area contributed by atoms with E-state index in [0.29, 0.717) is 60.5 Å². The smallest absolute Gasteiger partial charge is 0.223 e. The lowest BCUT2D eigenvalue weighted by Crippen LogP contribution is -2.40. The Morgan fingerprint density at radius 1 is 1.33 bits per heavy atom. The van der Waals surface area contributed by atoms with Crippen LogP contribution in [0.5, 0.6) is 0 Å². The minimum Gasteiger partial charge on any atom is -0.441 e. The second kappa shape index (κ2) is 7.55. The topological polar surface area (TPSA) is 66.6 Å². The van der Waals surface area contributed by atoms with Crippen LogP contribution in [0.15, 0.2) is 28.8 Å². The van der Waals surface area contributed by atoms with Gasteiger partial charge in [0.25, 0.3) is 0 Å². The van der Waals surface area contributed by atoms with Crippen LogP contribution in [-0.2, 0) is 11.2 Å². The molecule has 0 bridgehead atoms. The van der Waals surface area contributed by atoms with E-state index in [1.54, 1.807) is 29.3 Å². The molecule has 0 atom stereocenters. The van der Waals surface area contributed by atoms with Gasteiger partial charge in [-0.15, -0.1) is 0 Å². The number of oxazole rings is 1. The first-order chi connectivity index (χ1) is 11.5. The SMILES string of the molecule is O=C(CCc1ncc(-c2ccc(Cl)cc2Cl)o1)N1CCC(O)CC1. The van der Waals surface area contributed by atoms with Crippen molar-refractivity contribution in [2.75, 3.05) is 13.1 Å². The van der Waals surface area contributed by atoms with Crippen molar-refractivity contribution < 1.29 is 14.3 Å². The third-order valence-electron chi connectivity index (χ3n) is 4.12. The van der Waals surface area contributed by atoms with Gasteiger partial charge in [0.1, 0.15) is 0 Å². The van der Waals surface area contributed by atoms with Crippen LogP contribution in [0.25, 0.3) is 11.3 Å². The lowest BCUT2D eigenvalue weighted by Gasteiger charge is -2.29. The van der Waals surface area contributed by atoms with Gasteiger partial charge in [0, 0.05) is 36.5 Å². The number of carbonyl (C=O) groups excluding carboxylic acids is 1. The second-order valence-electron chi connectivity index (χ2n) is 5.85. The number of carbonyl (C=O) groups is 1. The van der Waals surface area contributed by atoms with E-state index in [1.165, 1.54) is 0 Å². The van der Waals surface area contributed by atoms with E-state index in [0.717, 1.165) is 5.56 Å². The average molecular weight is 369 g/mol. The molecule has 2 heterocycles. The molecular formula is C17H18Cl2N2O3. The number of aliphatic hydroxyl groups is 1. The van der Waals surface area contributed by atoms with Crippen molar-refractivity contribution in [3.8, 4) is 11.3 Å². The predicted octanol–water partition coefficient (Wildman–Crippen LogP) is 3.56. The lowest BCUT2D eigenvalue weighted by molar-refractivity contribution is -0.133. The molecule has 1 N–H and O–H groups in total. The maximum atomic E-state index is 12.2. The van der Waals surface area contributed by atoms with Crippen LogP contribution in [0.3, 0.4) is 0 Å². The Morgan fingerprint density at radius 3 is 2.79 bits per heavy atom. The fraction of sp³-hybridized carbons (Fsp3) is 0.412. The van der Waals surface area contributed by atoms with Crippen LogP contribution < -0.4 is 0 Å². The summed E-state index contributed by atoms with van der Waals surface area (Å²) < 4.78 is 5.70. The van der Waals surface area contributed by atoms with Crippen molar-refractivity contribution in [3.05, 3.63) is 40.3 Å². The van der Waals surface area contributed by atoms with E-state index >= 15 is 0 Å². The van der Waals surface area contributed by atoms with Crippen molar-refractivity contribution in [1.82, 2.24) is 9.88 Å². The Kier molecular flexibility index (Phi) is 5.43. The summed E-state index contributed by atoms with van der Waals surface area (Å²) in [7, 11) is 0. The average Bonchev–Trinajstić information content (AvgIpc) is 3.02. The number of amides is 1. The highest BCUT2D eigenvalue weighted by Gasteiger charge is 2.21. The Labute approximate surface area is 150 Å². The van der Waals surface area contributed by atoms with Gasteiger partial charge in [-0.1, -0.05) is 23.2 Å². The number of likely N-dealkylation sites (tertiary alicyclic amines) is 1. The first-order valence-electron chi connectivity index (χ1n) is 7.89. The first-order valence-corrected chi connectivity index (χ1v) is 8.64. The molecule has 1 aromatic carbocycles. The van der Waals surface area contributed by atoms with Crippen LogP contribution in [0, 0.1) is 0 Å². The van der Waals surface area contributed by atoms with Crippen LogP contribution in [-0.4, -0.2) is 40.1 Å². The maximum Gasteiger partial charge on any atom is 0.223 e. The summed E-state index contributed by atoms with van der Waals surface area (Å²) in [5, 5.41) is 10.5. The highest BCUT2D eigenvalue weighted by molar-refractivity contribution is 6.36. The Bertz CT molecular complexity index is 724. The molecule has 5 nitrogen and oxygen atoms in total. The standard InChI is InChI=1S/C17H18Cl2N2O3/c18-11-1-2-13(14(19)9-11)15-10-20-16(24-15)3-4-17(23)21-7-5-12(22)6-8-21/h1-2,9-10,12,22H,3-8H2. The number of piperidine rings is 1. The Morgan fingerprint density at radius 2 is 2.08 bits per heavy atom. The quantitative estimate of drug-likeness (QED) is 0.895. The summed E-state index contributed by atoms with van der Waals surface area (Å²) in [6.07, 6.45) is 3.38. The summed E-state index contributed by atoms with van der Waals surface area (Å²) in [5.41, 5.74) is 0.719. The zero-order valence-electron chi connectivity index (χ0n) is 13.0. The summed E-state index contributed by atoms with van der Waals surface area (Å²) >= 11 is 12.0. The van der Waals surface area contributed by atoms with E-state index in [2.05, 4.69) is 4.98 Å². The highest BCUT2D eigenvalue weighted by Crippen LogP contribution is 2.30. The molecule has 0 spiro atoms. The molecule has 0 radical (unpaired) electrons.